The standard InChI is InChI=1S/C27H24FN3O2/c1-33-25(32)19-13-23(18-5-9-22(28)10-6-18)24(14-19)27(11-2-12-27)21-7-3-17(4-8-21)20-15-30-26(29)31-16-20/h3-10,13,15-16H,2,11-12,14H2,1H3,(H2,29,30,31). The van der Waals surface area contributed by atoms with E-state index in [4.69, 9.17) is 10.5 Å². The van der Waals surface area contributed by atoms with Gasteiger partial charge in [-0.1, -0.05) is 42.8 Å². The Bertz CT molecular complexity index is 1260. The lowest BCUT2D eigenvalue weighted by molar-refractivity contribution is -0.136. The second kappa shape index (κ2) is 8.28. The van der Waals surface area contributed by atoms with Crippen molar-refractivity contribution >= 4 is 17.5 Å². The number of allylic oxidation sites excluding steroid dienone is 3. The van der Waals surface area contributed by atoms with E-state index in [0.717, 1.165) is 41.5 Å². The van der Waals surface area contributed by atoms with Crippen LogP contribution in [0.4, 0.5) is 10.3 Å². The van der Waals surface area contributed by atoms with Gasteiger partial charge in [-0.15, -0.1) is 0 Å². The fourth-order valence-electron chi connectivity index (χ4n) is 4.94. The Labute approximate surface area is 191 Å². The molecule has 1 fully saturated rings. The summed E-state index contributed by atoms with van der Waals surface area (Å²) in [7, 11) is 1.40. The van der Waals surface area contributed by atoms with Gasteiger partial charge in [0, 0.05) is 35.4 Å². The smallest absolute Gasteiger partial charge is 0.334 e. The van der Waals surface area contributed by atoms with Crippen LogP contribution in [0.25, 0.3) is 16.7 Å². The summed E-state index contributed by atoms with van der Waals surface area (Å²) in [6.45, 7) is 0. The lowest BCUT2D eigenvalue weighted by Crippen LogP contribution is -2.36. The number of aromatic nitrogens is 2. The van der Waals surface area contributed by atoms with Gasteiger partial charge in [0.15, 0.2) is 0 Å². The van der Waals surface area contributed by atoms with Crippen LogP contribution >= 0.6 is 0 Å². The molecule has 5 rings (SSSR count). The number of nitrogens with zero attached hydrogens (tertiary/aromatic N) is 2. The molecule has 0 radical (unpaired) electrons. The summed E-state index contributed by atoms with van der Waals surface area (Å²) >= 11 is 0. The topological polar surface area (TPSA) is 78.1 Å². The molecule has 0 amide bonds. The normalized spacial score (nSPS) is 16.8. The highest BCUT2D eigenvalue weighted by Crippen LogP contribution is 2.55. The number of rotatable bonds is 5. The van der Waals surface area contributed by atoms with E-state index < -0.39 is 0 Å². The van der Waals surface area contributed by atoms with Crippen molar-refractivity contribution < 1.29 is 13.9 Å². The quantitative estimate of drug-likeness (QED) is 0.548. The minimum Gasteiger partial charge on any atom is -0.466 e. The first kappa shape index (κ1) is 21.1. The molecule has 1 aromatic heterocycles. The molecule has 0 bridgehead atoms. The SMILES string of the molecule is COC(=O)C1=CC(c2ccc(F)cc2)=C(C2(c3ccc(-c4cnc(N)nc4)cc3)CCC2)C1. The van der Waals surface area contributed by atoms with Gasteiger partial charge >= 0.3 is 5.97 Å². The van der Waals surface area contributed by atoms with E-state index in [0.29, 0.717) is 12.0 Å². The lowest BCUT2D eigenvalue weighted by Gasteiger charge is -2.45. The average Bonchev–Trinajstić information content (AvgIpc) is 3.25. The van der Waals surface area contributed by atoms with E-state index in [9.17, 15) is 9.18 Å². The summed E-state index contributed by atoms with van der Waals surface area (Å²) in [6, 6.07) is 14.9. The summed E-state index contributed by atoms with van der Waals surface area (Å²) in [5.41, 5.74) is 12.3. The van der Waals surface area contributed by atoms with Crippen LogP contribution in [-0.4, -0.2) is 23.0 Å². The highest BCUT2D eigenvalue weighted by molar-refractivity contribution is 5.97. The van der Waals surface area contributed by atoms with Crippen molar-refractivity contribution in [2.45, 2.75) is 31.1 Å². The minimum absolute atomic E-state index is 0.161. The van der Waals surface area contributed by atoms with Crippen molar-refractivity contribution in [3.63, 3.8) is 0 Å². The predicted octanol–water partition coefficient (Wildman–Crippen LogP) is 5.24. The molecule has 0 aliphatic heterocycles. The van der Waals surface area contributed by atoms with E-state index in [2.05, 4.69) is 34.2 Å². The van der Waals surface area contributed by atoms with Crippen molar-refractivity contribution in [1.82, 2.24) is 9.97 Å². The molecule has 3 aromatic rings. The first-order valence-electron chi connectivity index (χ1n) is 11.0. The molecule has 2 aliphatic carbocycles. The third kappa shape index (κ3) is 3.71. The molecule has 1 saturated carbocycles. The van der Waals surface area contributed by atoms with E-state index in [1.54, 1.807) is 24.5 Å². The van der Waals surface area contributed by atoms with E-state index in [1.165, 1.54) is 30.4 Å². The number of nitrogen functional groups attached to an aromatic ring is 1. The van der Waals surface area contributed by atoms with E-state index >= 15 is 0 Å². The Morgan fingerprint density at radius 2 is 1.61 bits per heavy atom. The number of ether oxygens (including phenoxy) is 1. The maximum atomic E-state index is 13.6. The van der Waals surface area contributed by atoms with Gasteiger partial charge < -0.3 is 10.5 Å². The Balaban J connectivity index is 1.56. The monoisotopic (exact) mass is 441 g/mol. The molecule has 166 valence electrons. The molecule has 33 heavy (non-hydrogen) atoms. The van der Waals surface area contributed by atoms with E-state index in [-0.39, 0.29) is 23.1 Å². The Hall–Kier alpha value is -3.80. The number of methoxy groups -OCH3 is 1. The summed E-state index contributed by atoms with van der Waals surface area (Å²) in [5, 5.41) is 0. The number of carbonyl (C=O) groups excluding carboxylic acids is 1. The van der Waals surface area contributed by atoms with Crippen LogP contribution in [0, 0.1) is 5.82 Å². The van der Waals surface area contributed by atoms with Crippen molar-refractivity contribution in [3.05, 3.63) is 95.1 Å². The number of carbonyl (C=O) groups is 1. The first-order chi connectivity index (χ1) is 16.0. The number of benzene rings is 2. The first-order valence-corrected chi connectivity index (χ1v) is 11.0. The van der Waals surface area contributed by atoms with Crippen LogP contribution in [0.2, 0.25) is 0 Å². The fraction of sp³-hybridized carbons (Fsp3) is 0.222. The van der Waals surface area contributed by atoms with Gasteiger partial charge in [0.05, 0.1) is 7.11 Å². The third-order valence-electron chi connectivity index (χ3n) is 6.84. The number of esters is 1. The summed E-state index contributed by atoms with van der Waals surface area (Å²) < 4.78 is 18.6. The van der Waals surface area contributed by atoms with Gasteiger partial charge in [0.2, 0.25) is 5.95 Å². The number of halogens is 1. The van der Waals surface area contributed by atoms with Crippen molar-refractivity contribution in [3.8, 4) is 11.1 Å². The molecule has 0 spiro atoms. The molecular weight excluding hydrogens is 417 g/mol. The Morgan fingerprint density at radius 1 is 0.970 bits per heavy atom. The van der Waals surface area contributed by atoms with Gasteiger partial charge in [-0.3, -0.25) is 0 Å². The van der Waals surface area contributed by atoms with E-state index in [1.807, 2.05) is 6.08 Å². The van der Waals surface area contributed by atoms with Crippen molar-refractivity contribution in [1.29, 1.82) is 0 Å². The molecule has 5 nitrogen and oxygen atoms in total. The largest absolute Gasteiger partial charge is 0.466 e. The molecule has 0 saturated heterocycles. The molecule has 1 heterocycles. The van der Waals surface area contributed by atoms with Crippen LogP contribution in [-0.2, 0) is 14.9 Å². The number of hydrogen-bond acceptors (Lipinski definition) is 5. The van der Waals surface area contributed by atoms with Gasteiger partial charge in [-0.2, -0.15) is 0 Å². The molecule has 6 heteroatoms. The second-order valence-electron chi connectivity index (χ2n) is 8.58. The Morgan fingerprint density at radius 3 is 2.18 bits per heavy atom. The molecule has 2 N–H and O–H groups in total. The van der Waals surface area contributed by atoms with Crippen LogP contribution in [0.5, 0.6) is 0 Å². The summed E-state index contributed by atoms with van der Waals surface area (Å²) in [4.78, 5) is 20.6. The van der Waals surface area contributed by atoms with Gasteiger partial charge in [-0.05, 0) is 58.9 Å². The van der Waals surface area contributed by atoms with Gasteiger partial charge in [-0.25, -0.2) is 19.2 Å². The second-order valence-corrected chi connectivity index (χ2v) is 8.58. The highest BCUT2D eigenvalue weighted by Gasteiger charge is 2.45. The van der Waals surface area contributed by atoms with Crippen LogP contribution in [0.3, 0.4) is 0 Å². The molecule has 0 atom stereocenters. The van der Waals surface area contributed by atoms with Crippen molar-refractivity contribution in [2.75, 3.05) is 12.8 Å². The molecule has 2 aromatic carbocycles. The highest BCUT2D eigenvalue weighted by atomic mass is 19.1. The number of anilines is 1. The maximum absolute atomic E-state index is 13.6. The minimum atomic E-state index is -0.321. The summed E-state index contributed by atoms with van der Waals surface area (Å²) in [5.74, 6) is -0.353. The number of hydrogen-bond donors (Lipinski definition) is 1. The zero-order chi connectivity index (χ0) is 23.0. The zero-order valence-electron chi connectivity index (χ0n) is 18.3. The van der Waals surface area contributed by atoms with Gasteiger partial charge in [0.1, 0.15) is 5.82 Å². The average molecular weight is 442 g/mol. The third-order valence-corrected chi connectivity index (χ3v) is 6.84. The lowest BCUT2D eigenvalue weighted by atomic mass is 9.58. The fourth-order valence-corrected chi connectivity index (χ4v) is 4.94. The summed E-state index contributed by atoms with van der Waals surface area (Å²) in [6.07, 6.45) is 8.99. The Kier molecular flexibility index (Phi) is 5.29. The number of nitrogens with two attached hydrogens (primary N) is 1. The molecule has 2 aliphatic rings. The molecular formula is C27H24FN3O2. The van der Waals surface area contributed by atoms with Crippen LogP contribution in [0.1, 0.15) is 36.8 Å². The zero-order valence-corrected chi connectivity index (χ0v) is 18.3. The van der Waals surface area contributed by atoms with Gasteiger partial charge in [0.25, 0.3) is 0 Å². The van der Waals surface area contributed by atoms with Crippen molar-refractivity contribution in [2.24, 2.45) is 0 Å². The predicted molar refractivity (Wildman–Crippen MR) is 125 cm³/mol. The molecule has 0 unspecified atom stereocenters. The maximum Gasteiger partial charge on any atom is 0.334 e. The van der Waals surface area contributed by atoms with Crippen LogP contribution < -0.4 is 5.73 Å². The van der Waals surface area contributed by atoms with Crippen LogP contribution in [0.15, 0.2) is 78.1 Å².